The van der Waals surface area contributed by atoms with Gasteiger partial charge in [-0.25, -0.2) is 0 Å². The third-order valence-corrected chi connectivity index (χ3v) is 5.04. The number of morpholine rings is 1. The fraction of sp³-hybridized carbons (Fsp3) is 0.524. The predicted octanol–water partition coefficient (Wildman–Crippen LogP) is 2.50. The van der Waals surface area contributed by atoms with Crippen LogP contribution in [0.4, 0.5) is 5.69 Å². The van der Waals surface area contributed by atoms with Crippen molar-refractivity contribution < 1.29 is 9.26 Å². The second-order valence-electron chi connectivity index (χ2n) is 6.78. The summed E-state index contributed by atoms with van der Waals surface area (Å²) in [5, 5.41) is 10.9. The van der Waals surface area contributed by atoms with Crippen molar-refractivity contribution in [2.75, 3.05) is 38.3 Å². The van der Waals surface area contributed by atoms with E-state index in [-0.39, 0.29) is 0 Å². The van der Waals surface area contributed by atoms with Gasteiger partial charge in [0.15, 0.2) is 5.96 Å². The lowest BCUT2D eigenvalue weighted by Gasteiger charge is -2.28. The van der Waals surface area contributed by atoms with Crippen molar-refractivity contribution >= 4 is 11.6 Å². The molecule has 1 aliphatic heterocycles. The Hall–Kier alpha value is -2.54. The zero-order valence-corrected chi connectivity index (χ0v) is 17.1. The van der Waals surface area contributed by atoms with E-state index >= 15 is 0 Å². The molecule has 0 atom stereocenters. The van der Waals surface area contributed by atoms with Gasteiger partial charge in [0, 0.05) is 50.9 Å². The average Bonchev–Trinajstić information content (AvgIpc) is 3.17. The lowest BCUT2D eigenvalue weighted by atomic mass is 10.1. The maximum absolute atomic E-state index is 5.43. The zero-order chi connectivity index (χ0) is 19.8. The van der Waals surface area contributed by atoms with Gasteiger partial charge in [0.2, 0.25) is 0 Å². The minimum atomic E-state index is 0.658. The second-order valence-corrected chi connectivity index (χ2v) is 6.78. The van der Waals surface area contributed by atoms with Gasteiger partial charge in [-0.1, -0.05) is 31.1 Å². The topological polar surface area (TPSA) is 74.9 Å². The highest BCUT2D eigenvalue weighted by Gasteiger charge is 2.14. The fourth-order valence-electron chi connectivity index (χ4n) is 3.36. The molecule has 0 aliphatic carbocycles. The Balaban J connectivity index is 1.52. The van der Waals surface area contributed by atoms with Crippen LogP contribution in [0.2, 0.25) is 0 Å². The van der Waals surface area contributed by atoms with Crippen LogP contribution in [-0.4, -0.2) is 44.5 Å². The summed E-state index contributed by atoms with van der Waals surface area (Å²) in [5.74, 6) is 1.71. The Morgan fingerprint density at radius 1 is 1.07 bits per heavy atom. The van der Waals surface area contributed by atoms with E-state index in [1.807, 2.05) is 0 Å². The number of hydrogen-bond donors (Lipinski definition) is 2. The van der Waals surface area contributed by atoms with Crippen LogP contribution in [0.25, 0.3) is 0 Å². The maximum Gasteiger partial charge on any atom is 0.191 e. The highest BCUT2D eigenvalue weighted by molar-refractivity contribution is 5.79. The van der Waals surface area contributed by atoms with Crippen LogP contribution in [-0.2, 0) is 30.7 Å². The van der Waals surface area contributed by atoms with E-state index in [4.69, 9.17) is 9.26 Å². The number of anilines is 1. The quantitative estimate of drug-likeness (QED) is 0.563. The minimum Gasteiger partial charge on any atom is -0.378 e. The van der Waals surface area contributed by atoms with Crippen molar-refractivity contribution in [2.24, 2.45) is 4.99 Å². The van der Waals surface area contributed by atoms with Crippen LogP contribution in [0.5, 0.6) is 0 Å². The minimum absolute atomic E-state index is 0.658. The van der Waals surface area contributed by atoms with E-state index in [9.17, 15) is 0 Å². The second kappa shape index (κ2) is 10.1. The molecule has 1 fully saturated rings. The van der Waals surface area contributed by atoms with Gasteiger partial charge in [0.05, 0.1) is 18.9 Å². The van der Waals surface area contributed by atoms with Crippen LogP contribution in [0.1, 0.15) is 36.4 Å². The van der Waals surface area contributed by atoms with Crippen LogP contribution < -0.4 is 15.5 Å². The normalized spacial score (nSPS) is 15.0. The lowest BCUT2D eigenvalue weighted by Crippen LogP contribution is -2.37. The molecule has 1 aliphatic rings. The molecule has 7 nitrogen and oxygen atoms in total. The van der Waals surface area contributed by atoms with E-state index in [0.717, 1.165) is 62.1 Å². The molecule has 1 saturated heterocycles. The van der Waals surface area contributed by atoms with Crippen LogP contribution in [0, 0.1) is 0 Å². The molecular weight excluding hydrogens is 354 g/mol. The SMILES string of the molecule is CCc1noc(CC)c1CNC(=NC)NCc1ccc(N2CCOCC2)cc1. The van der Waals surface area contributed by atoms with Gasteiger partial charge in [0.25, 0.3) is 0 Å². The standard InChI is InChI=1S/C21H31N5O2/c1-4-19-18(20(5-2)28-25-19)15-24-21(22-3)23-14-16-6-8-17(9-7-16)26-10-12-27-13-11-26/h6-9H,4-5,10-15H2,1-3H3,(H2,22,23,24). The van der Waals surface area contributed by atoms with E-state index in [1.54, 1.807) is 7.05 Å². The Labute approximate surface area is 167 Å². The molecule has 2 heterocycles. The van der Waals surface area contributed by atoms with E-state index in [0.29, 0.717) is 13.1 Å². The number of ether oxygens (including phenoxy) is 1. The monoisotopic (exact) mass is 385 g/mol. The van der Waals surface area contributed by atoms with Gasteiger partial charge in [-0.05, 0) is 24.1 Å². The Kier molecular flexibility index (Phi) is 7.31. The van der Waals surface area contributed by atoms with Crippen molar-refractivity contribution in [3.05, 3.63) is 46.8 Å². The molecule has 2 aromatic rings. The Bertz CT molecular complexity index is 742. The number of aryl methyl sites for hydroxylation is 2. The van der Waals surface area contributed by atoms with Crippen molar-refractivity contribution in [3.8, 4) is 0 Å². The zero-order valence-electron chi connectivity index (χ0n) is 17.1. The largest absolute Gasteiger partial charge is 0.378 e. The fourth-order valence-corrected chi connectivity index (χ4v) is 3.36. The Morgan fingerprint density at radius 2 is 1.79 bits per heavy atom. The van der Waals surface area contributed by atoms with Crippen molar-refractivity contribution in [3.63, 3.8) is 0 Å². The van der Waals surface area contributed by atoms with Gasteiger partial charge in [-0.2, -0.15) is 0 Å². The molecule has 152 valence electrons. The van der Waals surface area contributed by atoms with Gasteiger partial charge in [-0.3, -0.25) is 4.99 Å². The number of aromatic nitrogens is 1. The maximum atomic E-state index is 5.43. The van der Waals surface area contributed by atoms with E-state index in [2.05, 4.69) is 63.8 Å². The summed E-state index contributed by atoms with van der Waals surface area (Å²) in [5.41, 5.74) is 4.62. The average molecular weight is 386 g/mol. The molecule has 3 rings (SSSR count). The molecule has 1 aromatic carbocycles. The first-order valence-corrected chi connectivity index (χ1v) is 10.1. The summed E-state index contributed by atoms with van der Waals surface area (Å²) >= 11 is 0. The van der Waals surface area contributed by atoms with Crippen molar-refractivity contribution in [1.82, 2.24) is 15.8 Å². The summed E-state index contributed by atoms with van der Waals surface area (Å²) < 4.78 is 10.8. The number of nitrogens with one attached hydrogen (secondary N) is 2. The Morgan fingerprint density at radius 3 is 2.43 bits per heavy atom. The van der Waals surface area contributed by atoms with Gasteiger partial charge < -0.3 is 24.8 Å². The summed E-state index contributed by atoms with van der Waals surface area (Å²) in [6.45, 7) is 9.06. The number of guanidine groups is 1. The molecular formula is C21H31N5O2. The number of aliphatic imine (C=N–C) groups is 1. The number of hydrogen-bond acceptors (Lipinski definition) is 5. The predicted molar refractivity (Wildman–Crippen MR) is 112 cm³/mol. The van der Waals surface area contributed by atoms with E-state index in [1.165, 1.54) is 11.3 Å². The van der Waals surface area contributed by atoms with Crippen LogP contribution >= 0.6 is 0 Å². The first-order chi connectivity index (χ1) is 13.7. The molecule has 0 unspecified atom stereocenters. The molecule has 28 heavy (non-hydrogen) atoms. The highest BCUT2D eigenvalue weighted by atomic mass is 16.5. The summed E-state index contributed by atoms with van der Waals surface area (Å²) in [6.07, 6.45) is 1.70. The molecule has 2 N–H and O–H groups in total. The van der Waals surface area contributed by atoms with Gasteiger partial charge >= 0.3 is 0 Å². The summed E-state index contributed by atoms with van der Waals surface area (Å²) in [6, 6.07) is 8.68. The van der Waals surface area contributed by atoms with Crippen LogP contribution in [0.3, 0.4) is 0 Å². The number of benzene rings is 1. The van der Waals surface area contributed by atoms with Crippen LogP contribution in [0.15, 0.2) is 33.8 Å². The summed E-state index contributed by atoms with van der Waals surface area (Å²) in [7, 11) is 1.78. The molecule has 0 amide bonds. The third-order valence-electron chi connectivity index (χ3n) is 5.04. The first kappa shape index (κ1) is 20.2. The van der Waals surface area contributed by atoms with Crippen molar-refractivity contribution in [2.45, 2.75) is 39.8 Å². The highest BCUT2D eigenvalue weighted by Crippen LogP contribution is 2.17. The van der Waals surface area contributed by atoms with Gasteiger partial charge in [-0.15, -0.1) is 0 Å². The molecule has 0 radical (unpaired) electrons. The smallest absolute Gasteiger partial charge is 0.191 e. The van der Waals surface area contributed by atoms with Crippen molar-refractivity contribution in [1.29, 1.82) is 0 Å². The molecule has 0 saturated carbocycles. The first-order valence-electron chi connectivity index (χ1n) is 10.1. The number of nitrogens with zero attached hydrogens (tertiary/aromatic N) is 3. The molecule has 1 aromatic heterocycles. The molecule has 7 heteroatoms. The number of rotatable bonds is 7. The molecule has 0 spiro atoms. The third kappa shape index (κ3) is 5.04. The molecule has 0 bridgehead atoms. The lowest BCUT2D eigenvalue weighted by molar-refractivity contribution is 0.122. The van der Waals surface area contributed by atoms with E-state index < -0.39 is 0 Å². The van der Waals surface area contributed by atoms with Gasteiger partial charge in [0.1, 0.15) is 5.76 Å². The summed E-state index contributed by atoms with van der Waals surface area (Å²) in [4.78, 5) is 6.68.